The molecular formula is C12H16N2. The van der Waals surface area contributed by atoms with Gasteiger partial charge in [0.25, 0.3) is 0 Å². The van der Waals surface area contributed by atoms with Crippen molar-refractivity contribution in [1.29, 1.82) is 0 Å². The molecule has 2 nitrogen and oxygen atoms in total. The monoisotopic (exact) mass is 188 g/mol. The standard InChI is InChI=1S/C12H16N2/c1-2-4-11-10(3-1)12(8-14-11)13-7-9-5-6-9/h1-4,9,12-14H,5-8H2/t12-/m1/s1. The van der Waals surface area contributed by atoms with Gasteiger partial charge in [0.15, 0.2) is 0 Å². The fraction of sp³-hybridized carbons (Fsp3) is 0.500. The Balaban J connectivity index is 1.70. The van der Waals surface area contributed by atoms with Gasteiger partial charge in [0.05, 0.1) is 6.04 Å². The molecular weight excluding hydrogens is 172 g/mol. The summed E-state index contributed by atoms with van der Waals surface area (Å²) >= 11 is 0. The van der Waals surface area contributed by atoms with Crippen LogP contribution in [0.25, 0.3) is 0 Å². The van der Waals surface area contributed by atoms with Crippen molar-refractivity contribution in [1.82, 2.24) is 5.32 Å². The van der Waals surface area contributed by atoms with E-state index in [1.807, 2.05) is 0 Å². The van der Waals surface area contributed by atoms with E-state index < -0.39 is 0 Å². The number of nitrogens with one attached hydrogen (secondary N) is 2. The van der Waals surface area contributed by atoms with Crippen molar-refractivity contribution in [2.45, 2.75) is 18.9 Å². The molecule has 0 bridgehead atoms. The minimum atomic E-state index is 0.534. The third-order valence-corrected chi connectivity index (χ3v) is 3.18. The maximum Gasteiger partial charge on any atom is 0.0516 e. The van der Waals surface area contributed by atoms with Crippen molar-refractivity contribution >= 4 is 5.69 Å². The molecule has 1 aliphatic heterocycles. The van der Waals surface area contributed by atoms with E-state index in [1.165, 1.54) is 30.6 Å². The number of hydrogen-bond donors (Lipinski definition) is 2. The van der Waals surface area contributed by atoms with Crippen molar-refractivity contribution < 1.29 is 0 Å². The Morgan fingerprint density at radius 1 is 1.29 bits per heavy atom. The molecule has 1 aliphatic carbocycles. The van der Waals surface area contributed by atoms with Gasteiger partial charge in [-0.2, -0.15) is 0 Å². The van der Waals surface area contributed by atoms with E-state index in [4.69, 9.17) is 0 Å². The van der Waals surface area contributed by atoms with E-state index in [2.05, 4.69) is 34.9 Å². The van der Waals surface area contributed by atoms with Gasteiger partial charge in [-0.25, -0.2) is 0 Å². The van der Waals surface area contributed by atoms with Crippen molar-refractivity contribution in [3.05, 3.63) is 29.8 Å². The fourth-order valence-electron chi connectivity index (χ4n) is 2.10. The second-order valence-electron chi connectivity index (χ2n) is 4.37. The van der Waals surface area contributed by atoms with Crippen molar-refractivity contribution in [2.75, 3.05) is 18.4 Å². The van der Waals surface area contributed by atoms with Crippen LogP contribution in [0.2, 0.25) is 0 Å². The first kappa shape index (κ1) is 8.30. The molecule has 0 spiro atoms. The Kier molecular flexibility index (Phi) is 1.95. The van der Waals surface area contributed by atoms with Crippen LogP contribution in [-0.2, 0) is 0 Å². The number of anilines is 1. The van der Waals surface area contributed by atoms with Gasteiger partial charge in [0, 0.05) is 12.2 Å². The number of para-hydroxylation sites is 1. The van der Waals surface area contributed by atoms with Gasteiger partial charge < -0.3 is 10.6 Å². The highest BCUT2D eigenvalue weighted by atomic mass is 15.0. The summed E-state index contributed by atoms with van der Waals surface area (Å²) in [4.78, 5) is 0. The van der Waals surface area contributed by atoms with E-state index in [1.54, 1.807) is 0 Å². The summed E-state index contributed by atoms with van der Waals surface area (Å²) in [7, 11) is 0. The lowest BCUT2D eigenvalue weighted by Crippen LogP contribution is -2.24. The molecule has 1 heterocycles. The number of rotatable bonds is 3. The third-order valence-electron chi connectivity index (χ3n) is 3.18. The molecule has 14 heavy (non-hydrogen) atoms. The summed E-state index contributed by atoms with van der Waals surface area (Å²) < 4.78 is 0. The molecule has 2 aliphatic rings. The number of benzene rings is 1. The molecule has 1 aromatic carbocycles. The maximum atomic E-state index is 3.64. The van der Waals surface area contributed by atoms with Crippen molar-refractivity contribution in [3.8, 4) is 0 Å². The van der Waals surface area contributed by atoms with Crippen LogP contribution in [0.4, 0.5) is 5.69 Å². The summed E-state index contributed by atoms with van der Waals surface area (Å²) in [6.45, 7) is 2.24. The molecule has 2 heteroatoms. The first-order chi connectivity index (χ1) is 6.93. The molecule has 3 rings (SSSR count). The van der Waals surface area contributed by atoms with Gasteiger partial charge >= 0.3 is 0 Å². The molecule has 1 fully saturated rings. The van der Waals surface area contributed by atoms with Gasteiger partial charge in [0.2, 0.25) is 0 Å². The van der Waals surface area contributed by atoms with E-state index in [0.29, 0.717) is 6.04 Å². The molecule has 0 saturated heterocycles. The Labute approximate surface area is 84.7 Å². The molecule has 2 N–H and O–H groups in total. The summed E-state index contributed by atoms with van der Waals surface area (Å²) in [6.07, 6.45) is 2.85. The summed E-state index contributed by atoms with van der Waals surface area (Å²) in [5, 5.41) is 7.07. The third kappa shape index (κ3) is 1.50. The summed E-state index contributed by atoms with van der Waals surface area (Å²) in [6, 6.07) is 9.13. The van der Waals surface area contributed by atoms with Gasteiger partial charge in [-0.05, 0) is 36.9 Å². The second-order valence-corrected chi connectivity index (χ2v) is 4.37. The highest BCUT2D eigenvalue weighted by molar-refractivity contribution is 5.57. The molecule has 0 radical (unpaired) electrons. The van der Waals surface area contributed by atoms with Gasteiger partial charge in [-0.1, -0.05) is 18.2 Å². The molecule has 74 valence electrons. The van der Waals surface area contributed by atoms with E-state index in [9.17, 15) is 0 Å². The van der Waals surface area contributed by atoms with E-state index in [0.717, 1.165) is 12.5 Å². The lowest BCUT2D eigenvalue weighted by atomic mass is 10.1. The zero-order valence-electron chi connectivity index (χ0n) is 8.29. The van der Waals surface area contributed by atoms with Gasteiger partial charge in [0.1, 0.15) is 0 Å². The first-order valence-corrected chi connectivity index (χ1v) is 5.49. The second kappa shape index (κ2) is 3.28. The van der Waals surface area contributed by atoms with E-state index in [-0.39, 0.29) is 0 Å². The fourth-order valence-corrected chi connectivity index (χ4v) is 2.10. The van der Waals surface area contributed by atoms with E-state index >= 15 is 0 Å². The van der Waals surface area contributed by atoms with Gasteiger partial charge in [-0.15, -0.1) is 0 Å². The Morgan fingerprint density at radius 3 is 3.00 bits per heavy atom. The van der Waals surface area contributed by atoms with Crippen LogP contribution in [-0.4, -0.2) is 13.1 Å². The molecule has 0 aromatic heterocycles. The lowest BCUT2D eigenvalue weighted by Gasteiger charge is -2.11. The number of fused-ring (bicyclic) bond motifs is 1. The largest absolute Gasteiger partial charge is 0.383 e. The van der Waals surface area contributed by atoms with Crippen LogP contribution in [0.15, 0.2) is 24.3 Å². The molecule has 1 atom stereocenters. The van der Waals surface area contributed by atoms with Gasteiger partial charge in [-0.3, -0.25) is 0 Å². The zero-order valence-corrected chi connectivity index (χ0v) is 8.29. The lowest BCUT2D eigenvalue weighted by molar-refractivity contribution is 0.547. The molecule has 1 aromatic rings. The SMILES string of the molecule is c1ccc2c(c1)NC[C@H]2NCC1CC1. The van der Waals surface area contributed by atoms with Crippen LogP contribution in [0.3, 0.4) is 0 Å². The summed E-state index contributed by atoms with van der Waals surface area (Å²) in [5.41, 5.74) is 2.74. The normalized spacial score (nSPS) is 24.4. The minimum Gasteiger partial charge on any atom is -0.383 e. The van der Waals surface area contributed by atoms with Crippen LogP contribution < -0.4 is 10.6 Å². The van der Waals surface area contributed by atoms with Crippen LogP contribution in [0.5, 0.6) is 0 Å². The van der Waals surface area contributed by atoms with Crippen LogP contribution in [0.1, 0.15) is 24.4 Å². The Morgan fingerprint density at radius 2 is 2.14 bits per heavy atom. The molecule has 0 amide bonds. The van der Waals surface area contributed by atoms with Crippen LogP contribution >= 0.6 is 0 Å². The van der Waals surface area contributed by atoms with Crippen molar-refractivity contribution in [2.24, 2.45) is 5.92 Å². The van der Waals surface area contributed by atoms with Crippen molar-refractivity contribution in [3.63, 3.8) is 0 Å². The first-order valence-electron chi connectivity index (χ1n) is 5.49. The minimum absolute atomic E-state index is 0.534. The average Bonchev–Trinajstić information content (AvgIpc) is 2.96. The quantitative estimate of drug-likeness (QED) is 0.759. The Bertz CT molecular complexity index is 331. The predicted molar refractivity (Wildman–Crippen MR) is 58.4 cm³/mol. The smallest absolute Gasteiger partial charge is 0.0516 e. The highest BCUT2D eigenvalue weighted by Crippen LogP contribution is 2.32. The average molecular weight is 188 g/mol. The molecule has 1 saturated carbocycles. The maximum absolute atomic E-state index is 3.64. The summed E-state index contributed by atoms with van der Waals surface area (Å²) in [5.74, 6) is 0.961. The molecule has 0 unspecified atom stereocenters. The van der Waals surface area contributed by atoms with Crippen LogP contribution in [0, 0.1) is 5.92 Å². The zero-order chi connectivity index (χ0) is 9.38. The number of hydrogen-bond acceptors (Lipinski definition) is 2. The topological polar surface area (TPSA) is 24.1 Å². The highest BCUT2D eigenvalue weighted by Gasteiger charge is 2.25. The predicted octanol–water partition coefficient (Wildman–Crippen LogP) is 2.15. The Hall–Kier alpha value is -1.02.